The van der Waals surface area contributed by atoms with Crippen molar-refractivity contribution in [2.24, 2.45) is 0 Å². The highest BCUT2D eigenvalue weighted by atomic mass is 32.2. The molecule has 0 aliphatic rings. The maximum absolute atomic E-state index is 10.4. The molecule has 0 aliphatic carbocycles. The van der Waals surface area contributed by atoms with Crippen LogP contribution in [0.2, 0.25) is 0 Å². The van der Waals surface area contributed by atoms with Gasteiger partial charge in [0, 0.05) is 11.3 Å². The summed E-state index contributed by atoms with van der Waals surface area (Å²) in [7, 11) is 0. The standard InChI is InChI=1S/C12H16O2S/c1-9(3-8-12(13)14)10-4-6-11(15-2)7-5-10/h4-7,9H,3,8H2,1-2H3,(H,13,14). The Balaban J connectivity index is 2.57. The van der Waals surface area contributed by atoms with E-state index >= 15 is 0 Å². The highest BCUT2D eigenvalue weighted by Crippen LogP contribution is 2.23. The van der Waals surface area contributed by atoms with Gasteiger partial charge in [-0.25, -0.2) is 0 Å². The van der Waals surface area contributed by atoms with Crippen LogP contribution in [0.5, 0.6) is 0 Å². The first-order valence-corrected chi connectivity index (χ1v) is 6.21. The topological polar surface area (TPSA) is 37.3 Å². The lowest BCUT2D eigenvalue weighted by molar-refractivity contribution is -0.137. The molecule has 3 heteroatoms. The summed E-state index contributed by atoms with van der Waals surface area (Å²) in [6, 6.07) is 8.32. The molecule has 0 bridgehead atoms. The summed E-state index contributed by atoms with van der Waals surface area (Å²) in [4.78, 5) is 11.7. The Morgan fingerprint density at radius 2 is 2.00 bits per heavy atom. The fraction of sp³-hybridized carbons (Fsp3) is 0.417. The van der Waals surface area contributed by atoms with E-state index in [1.54, 1.807) is 11.8 Å². The first-order chi connectivity index (χ1) is 7.13. The lowest BCUT2D eigenvalue weighted by Crippen LogP contribution is -1.99. The van der Waals surface area contributed by atoms with E-state index in [9.17, 15) is 4.79 Å². The lowest BCUT2D eigenvalue weighted by atomic mass is 9.96. The number of thioether (sulfide) groups is 1. The molecule has 0 saturated heterocycles. The first kappa shape index (κ1) is 12.1. The van der Waals surface area contributed by atoms with E-state index in [0.29, 0.717) is 12.3 Å². The largest absolute Gasteiger partial charge is 0.481 e. The van der Waals surface area contributed by atoms with Gasteiger partial charge in [-0.1, -0.05) is 19.1 Å². The minimum atomic E-state index is -0.720. The van der Waals surface area contributed by atoms with Gasteiger partial charge in [-0.2, -0.15) is 0 Å². The van der Waals surface area contributed by atoms with Gasteiger partial charge in [0.25, 0.3) is 0 Å². The SMILES string of the molecule is CSc1ccc(C(C)CCC(=O)O)cc1. The van der Waals surface area contributed by atoms with E-state index in [1.165, 1.54) is 10.5 Å². The zero-order valence-corrected chi connectivity index (χ0v) is 9.88. The summed E-state index contributed by atoms with van der Waals surface area (Å²) in [6.45, 7) is 2.07. The van der Waals surface area contributed by atoms with Gasteiger partial charge in [0.15, 0.2) is 0 Å². The third kappa shape index (κ3) is 3.96. The van der Waals surface area contributed by atoms with Crippen LogP contribution in [0.3, 0.4) is 0 Å². The number of benzene rings is 1. The van der Waals surface area contributed by atoms with Crippen molar-refractivity contribution in [1.29, 1.82) is 0 Å². The van der Waals surface area contributed by atoms with Gasteiger partial charge in [0.1, 0.15) is 0 Å². The van der Waals surface area contributed by atoms with Gasteiger partial charge in [0.2, 0.25) is 0 Å². The molecule has 15 heavy (non-hydrogen) atoms. The van der Waals surface area contributed by atoms with E-state index < -0.39 is 5.97 Å². The molecule has 2 nitrogen and oxygen atoms in total. The predicted octanol–water partition coefficient (Wildman–Crippen LogP) is 3.38. The van der Waals surface area contributed by atoms with Crippen molar-refractivity contribution >= 4 is 17.7 Å². The summed E-state index contributed by atoms with van der Waals surface area (Å²) in [5.74, 6) is -0.403. The molecule has 0 heterocycles. The van der Waals surface area contributed by atoms with Crippen molar-refractivity contribution in [3.8, 4) is 0 Å². The minimum absolute atomic E-state index is 0.242. The lowest BCUT2D eigenvalue weighted by Gasteiger charge is -2.10. The van der Waals surface area contributed by atoms with E-state index in [4.69, 9.17) is 5.11 Å². The Labute approximate surface area is 94.7 Å². The quantitative estimate of drug-likeness (QED) is 0.779. The Bertz CT molecular complexity index is 319. The van der Waals surface area contributed by atoms with E-state index in [2.05, 4.69) is 31.2 Å². The zero-order chi connectivity index (χ0) is 11.3. The third-order valence-corrected chi connectivity index (χ3v) is 3.22. The normalized spacial score (nSPS) is 12.4. The van der Waals surface area contributed by atoms with E-state index in [-0.39, 0.29) is 6.42 Å². The average Bonchev–Trinajstić information content (AvgIpc) is 2.26. The van der Waals surface area contributed by atoms with Crippen molar-refractivity contribution in [3.63, 3.8) is 0 Å². The summed E-state index contributed by atoms with van der Waals surface area (Å²) in [5, 5.41) is 8.59. The number of carbonyl (C=O) groups is 1. The fourth-order valence-corrected chi connectivity index (χ4v) is 1.85. The van der Waals surface area contributed by atoms with Gasteiger partial charge in [-0.15, -0.1) is 11.8 Å². The molecule has 1 unspecified atom stereocenters. The van der Waals surface area contributed by atoms with Crippen molar-refractivity contribution in [1.82, 2.24) is 0 Å². The van der Waals surface area contributed by atoms with E-state index in [0.717, 1.165) is 0 Å². The second kappa shape index (κ2) is 5.81. The Hall–Kier alpha value is -0.960. The predicted molar refractivity (Wildman–Crippen MR) is 63.5 cm³/mol. The highest BCUT2D eigenvalue weighted by Gasteiger charge is 2.07. The molecule has 0 fully saturated rings. The second-order valence-electron chi connectivity index (χ2n) is 3.61. The van der Waals surface area contributed by atoms with Crippen molar-refractivity contribution < 1.29 is 9.90 Å². The van der Waals surface area contributed by atoms with Gasteiger partial charge in [-0.05, 0) is 36.3 Å². The Morgan fingerprint density at radius 3 is 2.47 bits per heavy atom. The fourth-order valence-electron chi connectivity index (χ4n) is 1.44. The van der Waals surface area contributed by atoms with Gasteiger partial charge in [0.05, 0.1) is 0 Å². The molecule has 1 atom stereocenters. The molecule has 1 aromatic carbocycles. The van der Waals surface area contributed by atoms with Crippen LogP contribution >= 0.6 is 11.8 Å². The summed E-state index contributed by atoms with van der Waals surface area (Å²) in [5.41, 5.74) is 1.22. The number of aliphatic carboxylic acids is 1. The molecular weight excluding hydrogens is 208 g/mol. The third-order valence-electron chi connectivity index (χ3n) is 2.48. The number of rotatable bonds is 5. The molecule has 0 saturated carbocycles. The summed E-state index contributed by atoms with van der Waals surface area (Å²) < 4.78 is 0. The number of hydrogen-bond acceptors (Lipinski definition) is 2. The average molecular weight is 224 g/mol. The molecule has 1 N–H and O–H groups in total. The Morgan fingerprint density at radius 1 is 1.40 bits per heavy atom. The molecule has 0 aromatic heterocycles. The highest BCUT2D eigenvalue weighted by molar-refractivity contribution is 7.98. The molecule has 0 spiro atoms. The van der Waals surface area contributed by atoms with Gasteiger partial charge < -0.3 is 5.11 Å². The van der Waals surface area contributed by atoms with Gasteiger partial charge >= 0.3 is 5.97 Å². The summed E-state index contributed by atoms with van der Waals surface area (Å²) >= 11 is 1.71. The summed E-state index contributed by atoms with van der Waals surface area (Å²) in [6.07, 6.45) is 2.99. The Kier molecular flexibility index (Phi) is 4.69. The van der Waals surface area contributed by atoms with E-state index in [1.807, 2.05) is 6.26 Å². The van der Waals surface area contributed by atoms with Crippen LogP contribution in [0, 0.1) is 0 Å². The monoisotopic (exact) mass is 224 g/mol. The van der Waals surface area contributed by atoms with Crippen molar-refractivity contribution in [3.05, 3.63) is 29.8 Å². The molecule has 1 rings (SSSR count). The van der Waals surface area contributed by atoms with Crippen molar-refractivity contribution in [2.45, 2.75) is 30.6 Å². The van der Waals surface area contributed by atoms with Crippen LogP contribution < -0.4 is 0 Å². The number of carboxylic acids is 1. The number of hydrogen-bond donors (Lipinski definition) is 1. The maximum atomic E-state index is 10.4. The van der Waals surface area contributed by atoms with Crippen LogP contribution in [-0.4, -0.2) is 17.3 Å². The second-order valence-corrected chi connectivity index (χ2v) is 4.49. The van der Waals surface area contributed by atoms with Crippen LogP contribution in [0.1, 0.15) is 31.2 Å². The molecule has 1 aromatic rings. The zero-order valence-electron chi connectivity index (χ0n) is 9.06. The first-order valence-electron chi connectivity index (χ1n) is 4.99. The molecular formula is C12H16O2S. The minimum Gasteiger partial charge on any atom is -0.481 e. The van der Waals surface area contributed by atoms with Gasteiger partial charge in [-0.3, -0.25) is 4.79 Å². The molecule has 0 aliphatic heterocycles. The van der Waals surface area contributed by atoms with Crippen LogP contribution in [-0.2, 0) is 4.79 Å². The molecule has 0 radical (unpaired) electrons. The van der Waals surface area contributed by atoms with Crippen LogP contribution in [0.15, 0.2) is 29.2 Å². The van der Waals surface area contributed by atoms with Crippen LogP contribution in [0.4, 0.5) is 0 Å². The van der Waals surface area contributed by atoms with Crippen molar-refractivity contribution in [2.75, 3.05) is 6.26 Å². The molecule has 82 valence electrons. The van der Waals surface area contributed by atoms with Crippen LogP contribution in [0.25, 0.3) is 0 Å². The number of carboxylic acid groups (broad SMARTS) is 1. The maximum Gasteiger partial charge on any atom is 0.303 e. The smallest absolute Gasteiger partial charge is 0.303 e. The molecule has 0 amide bonds.